The fourth-order valence-corrected chi connectivity index (χ4v) is 3.93. The van der Waals surface area contributed by atoms with Crippen LogP contribution in [0.4, 0.5) is 5.69 Å². The molecule has 0 saturated carbocycles. The molecule has 3 aliphatic rings. The predicted molar refractivity (Wildman–Crippen MR) is 104 cm³/mol. The van der Waals surface area contributed by atoms with Crippen LogP contribution in [0.3, 0.4) is 0 Å². The largest absolute Gasteiger partial charge is 0.454 e. The number of pyridine rings is 1. The van der Waals surface area contributed by atoms with E-state index in [-0.39, 0.29) is 12.7 Å². The number of anilines is 1. The molecule has 1 spiro atoms. The molecule has 8 heteroatoms. The van der Waals surface area contributed by atoms with Gasteiger partial charge in [-0.2, -0.15) is 0 Å². The van der Waals surface area contributed by atoms with Crippen molar-refractivity contribution in [3.8, 4) is 11.5 Å². The minimum atomic E-state index is -0.483. The molecule has 0 atom stereocenters. The predicted octanol–water partition coefficient (Wildman–Crippen LogP) is 2.40. The highest BCUT2D eigenvalue weighted by molar-refractivity contribution is 5.94. The molecule has 8 nitrogen and oxygen atoms in total. The first-order chi connectivity index (χ1) is 14.2. The molecule has 1 amide bonds. The highest BCUT2D eigenvalue weighted by Crippen LogP contribution is 2.33. The summed E-state index contributed by atoms with van der Waals surface area (Å²) in [5, 5.41) is 3.32. The average Bonchev–Trinajstić information content (AvgIpc) is 3.42. The quantitative estimate of drug-likeness (QED) is 0.848. The van der Waals surface area contributed by atoms with Crippen LogP contribution < -0.4 is 14.8 Å². The zero-order chi connectivity index (χ0) is 19.7. The number of carbonyl (C=O) groups is 1. The van der Waals surface area contributed by atoms with Gasteiger partial charge in [0.15, 0.2) is 17.3 Å². The lowest BCUT2D eigenvalue weighted by Crippen LogP contribution is -2.47. The van der Waals surface area contributed by atoms with Gasteiger partial charge in [0.25, 0.3) is 5.91 Å². The molecule has 4 heterocycles. The smallest absolute Gasteiger partial charge is 0.255 e. The van der Waals surface area contributed by atoms with Crippen LogP contribution in [0.2, 0.25) is 0 Å². The fourth-order valence-electron chi connectivity index (χ4n) is 3.93. The Hall–Kier alpha value is -2.84. The number of rotatable bonds is 4. The van der Waals surface area contributed by atoms with Gasteiger partial charge in [-0.1, -0.05) is 6.07 Å². The number of ether oxygens (including phenoxy) is 4. The molecule has 0 bridgehead atoms. The third kappa shape index (κ3) is 3.73. The van der Waals surface area contributed by atoms with E-state index in [1.807, 2.05) is 29.2 Å². The molecule has 2 aromatic rings. The summed E-state index contributed by atoms with van der Waals surface area (Å²) in [5.74, 6) is 1.02. The van der Waals surface area contributed by atoms with Crippen molar-refractivity contribution in [1.29, 1.82) is 0 Å². The highest BCUT2D eigenvalue weighted by Gasteiger charge is 2.40. The Morgan fingerprint density at radius 1 is 1.07 bits per heavy atom. The molecule has 2 saturated heterocycles. The molecule has 1 aromatic carbocycles. The number of nitrogens with one attached hydrogen (secondary N) is 1. The number of aromatic nitrogens is 1. The van der Waals surface area contributed by atoms with E-state index in [4.69, 9.17) is 18.9 Å². The number of hydrogen-bond acceptors (Lipinski definition) is 7. The average molecular weight is 397 g/mol. The van der Waals surface area contributed by atoms with Gasteiger partial charge in [0, 0.05) is 44.9 Å². The van der Waals surface area contributed by atoms with Crippen LogP contribution in [-0.4, -0.2) is 54.7 Å². The molecule has 1 aromatic heterocycles. The van der Waals surface area contributed by atoms with E-state index in [1.165, 1.54) is 0 Å². The van der Waals surface area contributed by atoms with Gasteiger partial charge >= 0.3 is 0 Å². The second-order valence-corrected chi connectivity index (χ2v) is 7.40. The van der Waals surface area contributed by atoms with Crippen molar-refractivity contribution in [2.45, 2.75) is 25.2 Å². The number of benzene rings is 1. The Labute approximate surface area is 168 Å². The van der Waals surface area contributed by atoms with Crippen molar-refractivity contribution in [3.05, 3.63) is 47.8 Å². The van der Waals surface area contributed by atoms with E-state index < -0.39 is 5.79 Å². The third-order valence-corrected chi connectivity index (χ3v) is 5.54. The normalized spacial score (nSPS) is 19.5. The van der Waals surface area contributed by atoms with Gasteiger partial charge in [0.05, 0.1) is 24.5 Å². The van der Waals surface area contributed by atoms with E-state index >= 15 is 0 Å². The zero-order valence-corrected chi connectivity index (χ0v) is 16.1. The van der Waals surface area contributed by atoms with Crippen molar-refractivity contribution >= 4 is 11.6 Å². The maximum atomic E-state index is 12.9. The molecule has 5 rings (SSSR count). The van der Waals surface area contributed by atoms with Crippen molar-refractivity contribution in [2.24, 2.45) is 0 Å². The summed E-state index contributed by atoms with van der Waals surface area (Å²) in [5.41, 5.74) is 2.43. The van der Waals surface area contributed by atoms with Gasteiger partial charge in [-0.15, -0.1) is 0 Å². The van der Waals surface area contributed by atoms with Crippen molar-refractivity contribution < 1.29 is 23.7 Å². The Balaban J connectivity index is 1.21. The maximum Gasteiger partial charge on any atom is 0.255 e. The molecule has 2 fully saturated rings. The van der Waals surface area contributed by atoms with Crippen LogP contribution in [0, 0.1) is 0 Å². The van der Waals surface area contributed by atoms with Crippen LogP contribution in [0.25, 0.3) is 0 Å². The number of fused-ring (bicyclic) bond motifs is 1. The Bertz CT molecular complexity index is 903. The van der Waals surface area contributed by atoms with Crippen molar-refractivity contribution in [3.63, 3.8) is 0 Å². The van der Waals surface area contributed by atoms with E-state index in [9.17, 15) is 4.79 Å². The van der Waals surface area contributed by atoms with E-state index in [0.717, 1.165) is 22.7 Å². The van der Waals surface area contributed by atoms with Gasteiger partial charge in [-0.25, -0.2) is 0 Å². The Morgan fingerprint density at radius 3 is 2.69 bits per heavy atom. The SMILES string of the molecule is O=C(c1cncc(NCc2ccc3c(c2)OCO3)c1)N1CCC2(CC1)OCCO2. The summed E-state index contributed by atoms with van der Waals surface area (Å²) in [6, 6.07) is 7.68. The van der Waals surface area contributed by atoms with Crippen LogP contribution in [0.5, 0.6) is 11.5 Å². The van der Waals surface area contributed by atoms with E-state index in [0.29, 0.717) is 51.3 Å². The lowest BCUT2D eigenvalue weighted by atomic mass is 10.0. The summed E-state index contributed by atoms with van der Waals surface area (Å²) in [4.78, 5) is 19.0. The minimum Gasteiger partial charge on any atom is -0.454 e. The van der Waals surface area contributed by atoms with Crippen molar-refractivity contribution in [1.82, 2.24) is 9.88 Å². The zero-order valence-electron chi connectivity index (χ0n) is 16.1. The van der Waals surface area contributed by atoms with Crippen LogP contribution in [0.1, 0.15) is 28.8 Å². The topological polar surface area (TPSA) is 82.2 Å². The summed E-state index contributed by atoms with van der Waals surface area (Å²) < 4.78 is 22.2. The second kappa shape index (κ2) is 7.53. The summed E-state index contributed by atoms with van der Waals surface area (Å²) >= 11 is 0. The molecule has 3 aliphatic heterocycles. The highest BCUT2D eigenvalue weighted by atomic mass is 16.7. The van der Waals surface area contributed by atoms with Crippen molar-refractivity contribution in [2.75, 3.05) is 38.4 Å². The minimum absolute atomic E-state index is 0.0166. The van der Waals surface area contributed by atoms with Gasteiger partial charge < -0.3 is 29.2 Å². The molecule has 0 aliphatic carbocycles. The molecule has 152 valence electrons. The molecule has 1 N–H and O–H groups in total. The number of nitrogens with zero attached hydrogens (tertiary/aromatic N) is 2. The second-order valence-electron chi connectivity index (χ2n) is 7.40. The number of amides is 1. The Kier molecular flexibility index (Phi) is 4.73. The summed E-state index contributed by atoms with van der Waals surface area (Å²) in [6.45, 7) is 3.36. The summed E-state index contributed by atoms with van der Waals surface area (Å²) in [6.07, 6.45) is 4.73. The summed E-state index contributed by atoms with van der Waals surface area (Å²) in [7, 11) is 0. The lowest BCUT2D eigenvalue weighted by Gasteiger charge is -2.37. The first-order valence-electron chi connectivity index (χ1n) is 9.85. The molecule has 0 radical (unpaired) electrons. The van der Waals surface area contributed by atoms with Gasteiger partial charge in [0.1, 0.15) is 0 Å². The fraction of sp³-hybridized carbons (Fsp3) is 0.429. The van der Waals surface area contributed by atoms with Gasteiger partial charge in [-0.05, 0) is 23.8 Å². The van der Waals surface area contributed by atoms with Gasteiger partial charge in [0.2, 0.25) is 6.79 Å². The standard InChI is InChI=1S/C21H23N3O5/c25-20(24-5-3-21(4-6-24)28-7-8-29-21)16-10-17(13-22-12-16)23-11-15-1-2-18-19(9-15)27-14-26-18/h1-2,9-10,12-13,23H,3-8,11,14H2. The first kappa shape index (κ1) is 18.2. The van der Waals surface area contributed by atoms with Gasteiger partial charge in [-0.3, -0.25) is 9.78 Å². The lowest BCUT2D eigenvalue weighted by molar-refractivity contribution is -0.181. The van der Waals surface area contributed by atoms with E-state index in [1.54, 1.807) is 12.4 Å². The number of piperidine rings is 1. The first-order valence-corrected chi connectivity index (χ1v) is 9.85. The number of likely N-dealkylation sites (tertiary alicyclic amines) is 1. The molecule has 29 heavy (non-hydrogen) atoms. The Morgan fingerprint density at radius 2 is 1.86 bits per heavy atom. The van der Waals surface area contributed by atoms with Crippen LogP contribution >= 0.6 is 0 Å². The van der Waals surface area contributed by atoms with Crippen LogP contribution in [0.15, 0.2) is 36.7 Å². The molecule has 0 unspecified atom stereocenters. The molecular weight excluding hydrogens is 374 g/mol. The number of hydrogen-bond donors (Lipinski definition) is 1. The molecular formula is C21H23N3O5. The number of carbonyl (C=O) groups excluding carboxylic acids is 1. The third-order valence-electron chi connectivity index (χ3n) is 5.54. The maximum absolute atomic E-state index is 12.9. The monoisotopic (exact) mass is 397 g/mol. The van der Waals surface area contributed by atoms with E-state index in [2.05, 4.69) is 10.3 Å². The van der Waals surface area contributed by atoms with Crippen LogP contribution in [-0.2, 0) is 16.0 Å².